The standard InChI is InChI=1S/C14H12F2N2O2S/c15-9-4-3-8(6-10(9)16)11-7-21-14(17-11)18-13(19)12-2-1-5-20-12/h3-4,6-7,12H,1-2,5H2,(H,17,18,19)/t12-/m1/s1. The Hall–Kier alpha value is -1.86. The zero-order valence-corrected chi connectivity index (χ0v) is 11.8. The van der Waals surface area contributed by atoms with Gasteiger partial charge in [-0.25, -0.2) is 13.8 Å². The van der Waals surface area contributed by atoms with Crippen molar-refractivity contribution in [2.45, 2.75) is 18.9 Å². The van der Waals surface area contributed by atoms with Crippen LogP contribution in [0.2, 0.25) is 0 Å². The Morgan fingerprint density at radius 2 is 2.24 bits per heavy atom. The second kappa shape index (κ2) is 5.87. The highest BCUT2D eigenvalue weighted by atomic mass is 32.1. The number of nitrogens with one attached hydrogen (secondary N) is 1. The van der Waals surface area contributed by atoms with Crippen molar-refractivity contribution in [1.29, 1.82) is 0 Å². The van der Waals surface area contributed by atoms with Crippen molar-refractivity contribution in [2.75, 3.05) is 11.9 Å². The van der Waals surface area contributed by atoms with Crippen molar-refractivity contribution in [2.24, 2.45) is 0 Å². The van der Waals surface area contributed by atoms with Gasteiger partial charge in [-0.1, -0.05) is 0 Å². The van der Waals surface area contributed by atoms with E-state index in [4.69, 9.17) is 4.74 Å². The summed E-state index contributed by atoms with van der Waals surface area (Å²) in [6.45, 7) is 0.593. The number of amides is 1. The van der Waals surface area contributed by atoms with Gasteiger partial charge in [0.15, 0.2) is 16.8 Å². The number of aromatic nitrogens is 1. The highest BCUT2D eigenvalue weighted by Crippen LogP contribution is 2.26. The lowest BCUT2D eigenvalue weighted by Crippen LogP contribution is -2.26. The summed E-state index contributed by atoms with van der Waals surface area (Å²) in [5, 5.41) is 4.77. The fourth-order valence-corrected chi connectivity index (χ4v) is 2.81. The van der Waals surface area contributed by atoms with Gasteiger partial charge in [0.05, 0.1) is 5.69 Å². The molecule has 21 heavy (non-hydrogen) atoms. The highest BCUT2D eigenvalue weighted by molar-refractivity contribution is 7.14. The molecule has 0 radical (unpaired) electrons. The van der Waals surface area contributed by atoms with E-state index in [0.29, 0.717) is 29.4 Å². The Kier molecular flexibility index (Phi) is 3.94. The number of hydrogen-bond acceptors (Lipinski definition) is 4. The van der Waals surface area contributed by atoms with Crippen LogP contribution in [0.5, 0.6) is 0 Å². The second-order valence-electron chi connectivity index (χ2n) is 4.66. The summed E-state index contributed by atoms with van der Waals surface area (Å²) in [6.07, 6.45) is 1.14. The van der Waals surface area contributed by atoms with Crippen molar-refractivity contribution >= 4 is 22.4 Å². The number of nitrogens with zero attached hydrogens (tertiary/aromatic N) is 1. The van der Waals surface area contributed by atoms with Crippen LogP contribution >= 0.6 is 11.3 Å². The summed E-state index contributed by atoms with van der Waals surface area (Å²) >= 11 is 1.23. The minimum atomic E-state index is -0.926. The monoisotopic (exact) mass is 310 g/mol. The first kappa shape index (κ1) is 14.1. The highest BCUT2D eigenvalue weighted by Gasteiger charge is 2.24. The van der Waals surface area contributed by atoms with Gasteiger partial charge in [-0.2, -0.15) is 0 Å². The first-order chi connectivity index (χ1) is 10.1. The van der Waals surface area contributed by atoms with Crippen LogP contribution in [-0.2, 0) is 9.53 Å². The fraction of sp³-hybridized carbons (Fsp3) is 0.286. The van der Waals surface area contributed by atoms with Gasteiger partial charge < -0.3 is 4.74 Å². The van der Waals surface area contributed by atoms with Gasteiger partial charge in [0.1, 0.15) is 6.10 Å². The van der Waals surface area contributed by atoms with Gasteiger partial charge in [0, 0.05) is 17.6 Å². The maximum absolute atomic E-state index is 13.2. The summed E-state index contributed by atoms with van der Waals surface area (Å²) in [5.74, 6) is -2.05. The van der Waals surface area contributed by atoms with Crippen LogP contribution in [0.25, 0.3) is 11.3 Å². The van der Waals surface area contributed by atoms with Gasteiger partial charge in [0.25, 0.3) is 5.91 Å². The molecule has 0 unspecified atom stereocenters. The second-order valence-corrected chi connectivity index (χ2v) is 5.52. The van der Waals surface area contributed by atoms with Crippen molar-refractivity contribution < 1.29 is 18.3 Å². The van der Waals surface area contributed by atoms with E-state index in [0.717, 1.165) is 18.6 Å². The Bertz CT molecular complexity index is 669. The fourth-order valence-electron chi connectivity index (χ4n) is 2.09. The number of hydrogen-bond donors (Lipinski definition) is 1. The van der Waals surface area contributed by atoms with Crippen molar-refractivity contribution in [3.8, 4) is 11.3 Å². The molecule has 1 atom stereocenters. The number of carbonyl (C=O) groups excluding carboxylic acids is 1. The molecule has 1 aliphatic heterocycles. The molecular weight excluding hydrogens is 298 g/mol. The summed E-state index contributed by atoms with van der Waals surface area (Å²) < 4.78 is 31.4. The molecule has 0 bridgehead atoms. The summed E-state index contributed by atoms with van der Waals surface area (Å²) in [4.78, 5) is 16.1. The molecule has 4 nitrogen and oxygen atoms in total. The largest absolute Gasteiger partial charge is 0.368 e. The smallest absolute Gasteiger partial charge is 0.255 e. The summed E-state index contributed by atoms with van der Waals surface area (Å²) in [7, 11) is 0. The van der Waals surface area contributed by atoms with Gasteiger partial charge >= 0.3 is 0 Å². The molecule has 0 spiro atoms. The summed E-state index contributed by atoms with van der Waals surface area (Å²) in [6, 6.07) is 3.57. The molecule has 1 aliphatic rings. The molecule has 1 N–H and O–H groups in total. The third-order valence-electron chi connectivity index (χ3n) is 3.17. The average molecular weight is 310 g/mol. The van der Waals surface area contributed by atoms with Crippen LogP contribution in [0.1, 0.15) is 12.8 Å². The number of halogens is 2. The topological polar surface area (TPSA) is 51.2 Å². The predicted octanol–water partition coefficient (Wildman–Crippen LogP) is 3.21. The van der Waals surface area contributed by atoms with Gasteiger partial charge in [-0.05, 0) is 31.0 Å². The van der Waals surface area contributed by atoms with Crippen LogP contribution in [-0.4, -0.2) is 23.6 Å². The van der Waals surface area contributed by atoms with Gasteiger partial charge in [-0.3, -0.25) is 10.1 Å². The molecule has 1 saturated heterocycles. The van der Waals surface area contributed by atoms with Crippen LogP contribution in [0.3, 0.4) is 0 Å². The van der Waals surface area contributed by atoms with E-state index in [2.05, 4.69) is 10.3 Å². The predicted molar refractivity (Wildman–Crippen MR) is 75.1 cm³/mol. The van der Waals surface area contributed by atoms with E-state index >= 15 is 0 Å². The average Bonchev–Trinajstić information content (AvgIpc) is 3.12. The third-order valence-corrected chi connectivity index (χ3v) is 3.93. The first-order valence-corrected chi connectivity index (χ1v) is 7.35. The molecule has 1 fully saturated rings. The lowest BCUT2D eigenvalue weighted by Gasteiger charge is -2.07. The van der Waals surface area contributed by atoms with E-state index in [1.165, 1.54) is 17.4 Å². The molecule has 1 aromatic heterocycles. The summed E-state index contributed by atoms with van der Waals surface area (Å²) in [5.41, 5.74) is 0.948. The number of ether oxygens (including phenoxy) is 1. The minimum absolute atomic E-state index is 0.223. The lowest BCUT2D eigenvalue weighted by atomic mass is 10.2. The van der Waals surface area contributed by atoms with E-state index in [9.17, 15) is 13.6 Å². The molecule has 0 aliphatic carbocycles. The Labute approximate surface area is 123 Å². The SMILES string of the molecule is O=C(Nc1nc(-c2ccc(F)c(F)c2)cs1)[C@H]1CCCO1. The normalized spacial score (nSPS) is 17.9. The molecule has 0 saturated carbocycles. The quantitative estimate of drug-likeness (QED) is 0.947. The molecule has 2 aromatic rings. The maximum atomic E-state index is 13.2. The van der Waals surface area contributed by atoms with Crippen LogP contribution < -0.4 is 5.32 Å². The molecule has 1 amide bonds. The van der Waals surface area contributed by atoms with Crippen molar-refractivity contribution in [3.05, 3.63) is 35.2 Å². The van der Waals surface area contributed by atoms with Gasteiger partial charge in [0.2, 0.25) is 0 Å². The Morgan fingerprint density at radius 3 is 2.95 bits per heavy atom. The van der Waals surface area contributed by atoms with E-state index in [-0.39, 0.29) is 5.91 Å². The van der Waals surface area contributed by atoms with Crippen LogP contribution in [0.15, 0.2) is 23.6 Å². The van der Waals surface area contributed by atoms with Crippen molar-refractivity contribution in [1.82, 2.24) is 4.98 Å². The van der Waals surface area contributed by atoms with E-state index in [1.807, 2.05) is 0 Å². The number of benzene rings is 1. The van der Waals surface area contributed by atoms with Crippen LogP contribution in [0, 0.1) is 11.6 Å². The van der Waals surface area contributed by atoms with Crippen LogP contribution in [0.4, 0.5) is 13.9 Å². The van der Waals surface area contributed by atoms with Crippen molar-refractivity contribution in [3.63, 3.8) is 0 Å². The number of carbonyl (C=O) groups is 1. The number of rotatable bonds is 3. The Balaban J connectivity index is 1.73. The molecule has 3 rings (SSSR count). The molecular formula is C14H12F2N2O2S. The zero-order valence-electron chi connectivity index (χ0n) is 10.9. The van der Waals surface area contributed by atoms with E-state index in [1.54, 1.807) is 5.38 Å². The third kappa shape index (κ3) is 3.08. The molecule has 7 heteroatoms. The molecule has 2 heterocycles. The molecule has 1 aromatic carbocycles. The number of thiazole rings is 1. The molecule has 110 valence electrons. The van der Waals surface area contributed by atoms with E-state index < -0.39 is 17.7 Å². The zero-order chi connectivity index (χ0) is 14.8. The Morgan fingerprint density at radius 1 is 1.38 bits per heavy atom. The lowest BCUT2D eigenvalue weighted by molar-refractivity contribution is -0.124. The first-order valence-electron chi connectivity index (χ1n) is 6.47. The maximum Gasteiger partial charge on any atom is 0.255 e. The van der Waals surface area contributed by atoms with Gasteiger partial charge in [-0.15, -0.1) is 11.3 Å². The number of anilines is 1. The minimum Gasteiger partial charge on any atom is -0.368 e.